The minimum absolute atomic E-state index is 0.215. The minimum atomic E-state index is -2.95. The monoisotopic (exact) mass is 159 g/mol. The molecular formula is C7H7F2NO. The smallest absolute Gasteiger partial charge is 0.299 e. The number of allylic oxidation sites excluding steroid dienone is 1. The van der Waals surface area contributed by atoms with Crippen LogP contribution in [0.3, 0.4) is 0 Å². The third-order valence-corrected chi connectivity index (χ3v) is 0.785. The highest BCUT2D eigenvalue weighted by Gasteiger charge is 2.09. The van der Waals surface area contributed by atoms with E-state index in [1.165, 1.54) is 0 Å². The van der Waals surface area contributed by atoms with E-state index in [1.807, 2.05) is 0 Å². The average molecular weight is 159 g/mol. The van der Waals surface area contributed by atoms with Gasteiger partial charge < -0.3 is 5.32 Å². The molecule has 0 aliphatic heterocycles. The highest BCUT2D eigenvalue weighted by molar-refractivity contribution is 5.92. The van der Waals surface area contributed by atoms with E-state index in [1.54, 1.807) is 0 Å². The summed E-state index contributed by atoms with van der Waals surface area (Å²) in [5, 5.41) is 2.45. The lowest BCUT2D eigenvalue weighted by atomic mass is 10.4. The van der Waals surface area contributed by atoms with Crippen molar-refractivity contribution in [2.24, 2.45) is 0 Å². The molecule has 0 aliphatic carbocycles. The summed E-state index contributed by atoms with van der Waals surface area (Å²) in [7, 11) is 0. The minimum Gasteiger partial charge on any atom is -0.380 e. The summed E-state index contributed by atoms with van der Waals surface area (Å²) < 4.78 is 22.9. The Bertz CT molecular complexity index is 193. The van der Waals surface area contributed by atoms with Crippen LogP contribution in [0.15, 0.2) is 12.3 Å². The van der Waals surface area contributed by atoms with Crippen LogP contribution < -0.4 is 5.32 Å². The Kier molecular flexibility index (Phi) is 4.74. The summed E-state index contributed by atoms with van der Waals surface area (Å²) in [6, 6.07) is 0. The highest BCUT2D eigenvalue weighted by Crippen LogP contribution is 1.93. The SMILES string of the molecule is C#CCN/C=C/C(=O)C(F)F. The van der Waals surface area contributed by atoms with Gasteiger partial charge in [0.15, 0.2) is 0 Å². The molecule has 0 amide bonds. The molecule has 0 aromatic carbocycles. The Balaban J connectivity index is 3.59. The van der Waals surface area contributed by atoms with Crippen molar-refractivity contribution in [3.05, 3.63) is 12.3 Å². The largest absolute Gasteiger partial charge is 0.380 e. The van der Waals surface area contributed by atoms with E-state index in [0.717, 1.165) is 12.3 Å². The third kappa shape index (κ3) is 5.09. The van der Waals surface area contributed by atoms with Crippen LogP contribution in [-0.2, 0) is 4.79 Å². The van der Waals surface area contributed by atoms with Crippen LogP contribution in [0.25, 0.3) is 0 Å². The maximum atomic E-state index is 11.5. The summed E-state index contributed by atoms with van der Waals surface area (Å²) in [5.74, 6) is 0.982. The van der Waals surface area contributed by atoms with Crippen molar-refractivity contribution >= 4 is 5.78 Å². The molecule has 0 saturated heterocycles. The number of rotatable bonds is 4. The van der Waals surface area contributed by atoms with E-state index in [-0.39, 0.29) is 6.54 Å². The van der Waals surface area contributed by atoms with E-state index < -0.39 is 12.2 Å². The molecule has 4 heteroatoms. The fourth-order valence-corrected chi connectivity index (χ4v) is 0.332. The Hall–Kier alpha value is -1.37. The lowest BCUT2D eigenvalue weighted by molar-refractivity contribution is -0.124. The molecule has 0 fully saturated rings. The van der Waals surface area contributed by atoms with Crippen molar-refractivity contribution in [2.45, 2.75) is 6.43 Å². The van der Waals surface area contributed by atoms with Gasteiger partial charge in [-0.3, -0.25) is 4.79 Å². The number of hydrogen-bond acceptors (Lipinski definition) is 2. The molecule has 0 rings (SSSR count). The summed E-state index contributed by atoms with van der Waals surface area (Å²) in [4.78, 5) is 10.2. The fourth-order valence-electron chi connectivity index (χ4n) is 0.332. The van der Waals surface area contributed by atoms with E-state index in [2.05, 4.69) is 11.2 Å². The Morgan fingerprint density at radius 3 is 2.82 bits per heavy atom. The van der Waals surface area contributed by atoms with Crippen LogP contribution in [-0.4, -0.2) is 18.8 Å². The summed E-state index contributed by atoms with van der Waals surface area (Å²) >= 11 is 0. The van der Waals surface area contributed by atoms with Crippen LogP contribution in [0.2, 0.25) is 0 Å². The zero-order valence-corrected chi connectivity index (χ0v) is 5.68. The topological polar surface area (TPSA) is 29.1 Å². The van der Waals surface area contributed by atoms with Crippen molar-refractivity contribution in [2.75, 3.05) is 6.54 Å². The van der Waals surface area contributed by atoms with Gasteiger partial charge in [-0.25, -0.2) is 8.78 Å². The van der Waals surface area contributed by atoms with Gasteiger partial charge in [0.1, 0.15) is 0 Å². The van der Waals surface area contributed by atoms with Crippen LogP contribution >= 0.6 is 0 Å². The molecule has 0 aromatic heterocycles. The molecule has 2 nitrogen and oxygen atoms in total. The maximum absolute atomic E-state index is 11.5. The van der Waals surface area contributed by atoms with Gasteiger partial charge in [0.05, 0.1) is 6.54 Å². The third-order valence-electron chi connectivity index (χ3n) is 0.785. The van der Waals surface area contributed by atoms with E-state index >= 15 is 0 Å². The first-order valence-electron chi connectivity index (χ1n) is 2.84. The zero-order valence-electron chi connectivity index (χ0n) is 5.68. The molecule has 1 N–H and O–H groups in total. The van der Waals surface area contributed by atoms with Gasteiger partial charge in [-0.05, 0) is 0 Å². The van der Waals surface area contributed by atoms with Gasteiger partial charge >= 0.3 is 0 Å². The van der Waals surface area contributed by atoms with Crippen LogP contribution in [0.5, 0.6) is 0 Å². The quantitative estimate of drug-likeness (QED) is 0.369. The Labute approximate surface area is 63.3 Å². The fraction of sp³-hybridized carbons (Fsp3) is 0.286. The standard InChI is InChI=1S/C7H7F2NO/c1-2-4-10-5-3-6(11)7(8)9/h1,3,5,7,10H,4H2/b5-3+. The second kappa shape index (κ2) is 5.42. The number of terminal acetylenes is 1. The van der Waals surface area contributed by atoms with E-state index in [4.69, 9.17) is 6.42 Å². The lowest BCUT2D eigenvalue weighted by Gasteiger charge is -1.91. The summed E-state index contributed by atoms with van der Waals surface area (Å²) in [6.07, 6.45) is 3.74. The van der Waals surface area contributed by atoms with Gasteiger partial charge in [0.2, 0.25) is 5.78 Å². The molecule has 60 valence electrons. The normalized spacial score (nSPS) is 10.0. The molecule has 0 aliphatic rings. The number of halogens is 2. The van der Waals surface area contributed by atoms with Crippen molar-refractivity contribution in [3.63, 3.8) is 0 Å². The zero-order chi connectivity index (χ0) is 8.69. The molecule has 0 saturated carbocycles. The number of hydrogen-bond donors (Lipinski definition) is 1. The summed E-state index contributed by atoms with van der Waals surface area (Å²) in [6.45, 7) is 0.215. The predicted octanol–water partition coefficient (Wildman–Crippen LogP) is 0.557. The molecule has 0 atom stereocenters. The predicted molar refractivity (Wildman–Crippen MR) is 37.0 cm³/mol. The molecule has 0 unspecified atom stereocenters. The van der Waals surface area contributed by atoms with E-state index in [9.17, 15) is 13.6 Å². The molecule has 0 heterocycles. The second-order valence-corrected chi connectivity index (χ2v) is 1.62. The van der Waals surface area contributed by atoms with E-state index in [0.29, 0.717) is 0 Å². The van der Waals surface area contributed by atoms with Crippen molar-refractivity contribution in [3.8, 4) is 12.3 Å². The molecule has 0 aromatic rings. The van der Waals surface area contributed by atoms with Gasteiger partial charge in [-0.2, -0.15) is 0 Å². The van der Waals surface area contributed by atoms with Crippen molar-refractivity contribution in [1.82, 2.24) is 5.32 Å². The van der Waals surface area contributed by atoms with Crippen LogP contribution in [0.4, 0.5) is 8.78 Å². The number of alkyl halides is 2. The molecule has 0 spiro atoms. The van der Waals surface area contributed by atoms with Gasteiger partial charge in [0, 0.05) is 12.3 Å². The van der Waals surface area contributed by atoms with Crippen LogP contribution in [0.1, 0.15) is 0 Å². The lowest BCUT2D eigenvalue weighted by Crippen LogP contribution is -2.09. The Morgan fingerprint density at radius 2 is 2.36 bits per heavy atom. The first kappa shape index (κ1) is 9.63. The molecular weight excluding hydrogens is 152 g/mol. The number of carbonyl (C=O) groups excluding carboxylic acids is 1. The average Bonchev–Trinajstić information content (AvgIpc) is 1.97. The van der Waals surface area contributed by atoms with Gasteiger partial charge in [-0.15, -0.1) is 6.42 Å². The summed E-state index contributed by atoms with van der Waals surface area (Å²) in [5.41, 5.74) is 0. The number of nitrogens with one attached hydrogen (secondary N) is 1. The molecule has 11 heavy (non-hydrogen) atoms. The first-order chi connectivity index (χ1) is 5.18. The highest BCUT2D eigenvalue weighted by atomic mass is 19.3. The number of ketones is 1. The van der Waals surface area contributed by atoms with Crippen molar-refractivity contribution in [1.29, 1.82) is 0 Å². The maximum Gasteiger partial charge on any atom is 0.299 e. The number of carbonyl (C=O) groups is 1. The van der Waals surface area contributed by atoms with Gasteiger partial charge in [0.25, 0.3) is 6.43 Å². The van der Waals surface area contributed by atoms with Crippen LogP contribution in [0, 0.1) is 12.3 Å². The Morgan fingerprint density at radius 1 is 1.73 bits per heavy atom. The molecule has 0 bridgehead atoms. The van der Waals surface area contributed by atoms with Crippen molar-refractivity contribution < 1.29 is 13.6 Å². The first-order valence-corrected chi connectivity index (χ1v) is 2.84. The van der Waals surface area contributed by atoms with Gasteiger partial charge in [-0.1, -0.05) is 5.92 Å². The second-order valence-electron chi connectivity index (χ2n) is 1.62. The molecule has 0 radical (unpaired) electrons.